The number of halogens is 1. The molecule has 0 aliphatic rings. The summed E-state index contributed by atoms with van der Waals surface area (Å²) < 4.78 is 18.7. The van der Waals surface area contributed by atoms with Gasteiger partial charge in [-0.3, -0.25) is 5.43 Å². The van der Waals surface area contributed by atoms with E-state index in [0.29, 0.717) is 22.6 Å². The van der Waals surface area contributed by atoms with Gasteiger partial charge in [0.25, 0.3) is 0 Å². The van der Waals surface area contributed by atoms with Crippen molar-refractivity contribution < 1.29 is 19.0 Å². The van der Waals surface area contributed by atoms with Gasteiger partial charge < -0.3 is 20.0 Å². The highest BCUT2D eigenvalue weighted by molar-refractivity contribution is 7.80. The molecular formula is C18H17FN3O3S-. The fraction of sp³-hybridized carbons (Fsp3) is 0.167. The first-order chi connectivity index (χ1) is 12.4. The van der Waals surface area contributed by atoms with E-state index in [9.17, 15) is 14.3 Å². The van der Waals surface area contributed by atoms with Crippen molar-refractivity contribution in [2.45, 2.75) is 13.3 Å². The number of anilines is 1. The summed E-state index contributed by atoms with van der Waals surface area (Å²) in [7, 11) is 1.46. The van der Waals surface area contributed by atoms with Crippen LogP contribution in [0.15, 0.2) is 47.6 Å². The second-order valence-electron chi connectivity index (χ2n) is 5.32. The van der Waals surface area contributed by atoms with Gasteiger partial charge in [-0.2, -0.15) is 5.10 Å². The molecule has 2 aromatic carbocycles. The molecule has 2 aromatic rings. The van der Waals surface area contributed by atoms with Gasteiger partial charge >= 0.3 is 0 Å². The standard InChI is InChI=1S/C18H18FN3O3S/c1-11(12-7-8-16(25-2)13(9-12)10-17(23)24)21-22-18(26)20-15-6-4-3-5-14(15)19/h3-9H,10H2,1-2H3,(H,23,24)(H2,20,22,26)/p-1/b21-11-. The molecule has 0 atom stereocenters. The Morgan fingerprint density at radius 2 is 2.04 bits per heavy atom. The summed E-state index contributed by atoms with van der Waals surface area (Å²) >= 11 is 5.08. The SMILES string of the molecule is COc1ccc(/C(C)=N\NC(=S)Nc2ccccc2F)cc1CC(=O)[O-]. The normalized spacial score (nSPS) is 11.0. The average molecular weight is 374 g/mol. The van der Waals surface area contributed by atoms with Gasteiger partial charge in [0, 0.05) is 18.0 Å². The van der Waals surface area contributed by atoms with Crippen molar-refractivity contribution in [2.24, 2.45) is 5.10 Å². The number of carbonyl (C=O) groups excluding carboxylic acids is 1. The van der Waals surface area contributed by atoms with Crippen LogP contribution in [0.1, 0.15) is 18.1 Å². The molecule has 0 amide bonds. The third-order valence-electron chi connectivity index (χ3n) is 3.48. The van der Waals surface area contributed by atoms with Crippen molar-refractivity contribution in [2.75, 3.05) is 12.4 Å². The Balaban J connectivity index is 2.10. The molecule has 8 heteroatoms. The number of aliphatic carboxylic acids is 1. The zero-order valence-corrected chi connectivity index (χ0v) is 15.0. The van der Waals surface area contributed by atoms with Gasteiger partial charge in [0.15, 0.2) is 5.11 Å². The number of thiocarbonyl (C=S) groups is 1. The Morgan fingerprint density at radius 3 is 2.69 bits per heavy atom. The minimum atomic E-state index is -1.21. The van der Waals surface area contributed by atoms with Crippen LogP contribution in [0.25, 0.3) is 0 Å². The molecule has 0 aromatic heterocycles. The quantitative estimate of drug-likeness (QED) is 0.456. The van der Waals surface area contributed by atoms with E-state index in [-0.39, 0.29) is 17.2 Å². The third-order valence-corrected chi connectivity index (χ3v) is 3.67. The number of hydrazone groups is 1. The Labute approximate surface area is 155 Å². The summed E-state index contributed by atoms with van der Waals surface area (Å²) in [5.74, 6) is -1.18. The van der Waals surface area contributed by atoms with Crippen molar-refractivity contribution >= 4 is 34.7 Å². The van der Waals surface area contributed by atoms with Crippen LogP contribution in [0.2, 0.25) is 0 Å². The lowest BCUT2D eigenvalue weighted by Gasteiger charge is -2.12. The highest BCUT2D eigenvalue weighted by atomic mass is 32.1. The first-order valence-electron chi connectivity index (χ1n) is 7.63. The number of carboxylic acids is 1. The Morgan fingerprint density at radius 1 is 1.31 bits per heavy atom. The number of para-hydroxylation sites is 1. The number of nitrogens with zero attached hydrogens (tertiary/aromatic N) is 1. The monoisotopic (exact) mass is 374 g/mol. The largest absolute Gasteiger partial charge is 0.550 e. The first kappa shape index (κ1) is 19.3. The average Bonchev–Trinajstić information content (AvgIpc) is 2.61. The van der Waals surface area contributed by atoms with Crippen LogP contribution in [0.5, 0.6) is 5.75 Å². The molecule has 136 valence electrons. The van der Waals surface area contributed by atoms with Gasteiger partial charge in [-0.25, -0.2) is 4.39 Å². The van der Waals surface area contributed by atoms with Crippen LogP contribution in [-0.2, 0) is 11.2 Å². The van der Waals surface area contributed by atoms with Crippen molar-refractivity contribution in [3.8, 4) is 5.75 Å². The molecule has 2 N–H and O–H groups in total. The van der Waals surface area contributed by atoms with E-state index in [1.807, 2.05) is 0 Å². The van der Waals surface area contributed by atoms with Crippen molar-refractivity contribution in [3.05, 3.63) is 59.4 Å². The number of carboxylic acid groups (broad SMARTS) is 1. The maximum atomic E-state index is 13.6. The van der Waals surface area contributed by atoms with Gasteiger partial charge in [-0.15, -0.1) is 0 Å². The fourth-order valence-corrected chi connectivity index (χ4v) is 2.36. The van der Waals surface area contributed by atoms with Gasteiger partial charge in [0.1, 0.15) is 11.6 Å². The summed E-state index contributed by atoms with van der Waals surface area (Å²) in [4.78, 5) is 10.9. The van der Waals surface area contributed by atoms with Gasteiger partial charge in [0.2, 0.25) is 0 Å². The van der Waals surface area contributed by atoms with Gasteiger partial charge in [-0.1, -0.05) is 12.1 Å². The summed E-state index contributed by atoms with van der Waals surface area (Å²) in [6.45, 7) is 1.73. The number of rotatable bonds is 6. The fourth-order valence-electron chi connectivity index (χ4n) is 2.21. The van der Waals surface area contributed by atoms with Crippen LogP contribution in [-0.4, -0.2) is 23.9 Å². The predicted molar refractivity (Wildman–Crippen MR) is 99.7 cm³/mol. The number of nitrogens with one attached hydrogen (secondary N) is 2. The molecule has 0 unspecified atom stereocenters. The van der Waals surface area contributed by atoms with E-state index in [4.69, 9.17) is 17.0 Å². The summed E-state index contributed by atoms with van der Waals surface area (Å²) in [6, 6.07) is 11.2. The molecule has 0 fully saturated rings. The molecular weight excluding hydrogens is 357 g/mol. The Bertz CT molecular complexity index is 855. The Kier molecular flexibility index (Phi) is 6.62. The number of ether oxygens (including phenoxy) is 1. The van der Waals surface area contributed by atoms with Crippen LogP contribution in [0.3, 0.4) is 0 Å². The lowest BCUT2D eigenvalue weighted by Crippen LogP contribution is -2.25. The summed E-state index contributed by atoms with van der Waals surface area (Å²) in [5, 5.41) is 17.8. The smallest absolute Gasteiger partial charge is 0.191 e. The van der Waals surface area contributed by atoms with E-state index in [2.05, 4.69) is 15.8 Å². The van der Waals surface area contributed by atoms with Crippen molar-refractivity contribution in [1.29, 1.82) is 0 Å². The minimum Gasteiger partial charge on any atom is -0.550 e. The molecule has 0 aliphatic carbocycles. The second-order valence-corrected chi connectivity index (χ2v) is 5.73. The molecule has 0 bridgehead atoms. The molecule has 6 nitrogen and oxygen atoms in total. The Hall–Kier alpha value is -3.00. The van der Waals surface area contributed by atoms with E-state index in [1.54, 1.807) is 43.3 Å². The van der Waals surface area contributed by atoms with E-state index >= 15 is 0 Å². The lowest BCUT2D eigenvalue weighted by atomic mass is 10.0. The van der Waals surface area contributed by atoms with Crippen LogP contribution in [0.4, 0.5) is 10.1 Å². The first-order valence-corrected chi connectivity index (χ1v) is 8.04. The molecule has 26 heavy (non-hydrogen) atoms. The second kappa shape index (κ2) is 8.91. The zero-order chi connectivity index (χ0) is 19.1. The number of methoxy groups -OCH3 is 1. The van der Waals surface area contributed by atoms with E-state index in [1.165, 1.54) is 13.2 Å². The lowest BCUT2D eigenvalue weighted by molar-refractivity contribution is -0.304. The number of carbonyl (C=O) groups is 1. The number of benzene rings is 2. The highest BCUT2D eigenvalue weighted by Crippen LogP contribution is 2.21. The van der Waals surface area contributed by atoms with Crippen LogP contribution >= 0.6 is 12.2 Å². The topological polar surface area (TPSA) is 85.8 Å². The number of hydrogen-bond donors (Lipinski definition) is 2. The molecule has 0 aliphatic heterocycles. The summed E-state index contributed by atoms with van der Waals surface area (Å²) in [5.41, 5.74) is 4.58. The third kappa shape index (κ3) is 5.25. The molecule has 2 rings (SSSR count). The van der Waals surface area contributed by atoms with Crippen LogP contribution in [0, 0.1) is 5.82 Å². The molecule has 0 radical (unpaired) electrons. The van der Waals surface area contributed by atoms with Gasteiger partial charge in [-0.05, 0) is 55.0 Å². The maximum absolute atomic E-state index is 13.6. The van der Waals surface area contributed by atoms with Crippen molar-refractivity contribution in [1.82, 2.24) is 5.43 Å². The predicted octanol–water partition coefficient (Wildman–Crippen LogP) is 1.84. The molecule has 0 saturated heterocycles. The van der Waals surface area contributed by atoms with E-state index in [0.717, 1.165) is 0 Å². The van der Waals surface area contributed by atoms with Gasteiger partial charge in [0.05, 0.1) is 18.5 Å². The van der Waals surface area contributed by atoms with Crippen LogP contribution < -0.4 is 20.6 Å². The summed E-state index contributed by atoms with van der Waals surface area (Å²) in [6.07, 6.45) is -0.273. The molecule has 0 saturated carbocycles. The molecule has 0 spiro atoms. The van der Waals surface area contributed by atoms with E-state index < -0.39 is 11.8 Å². The zero-order valence-electron chi connectivity index (χ0n) is 14.2. The maximum Gasteiger partial charge on any atom is 0.191 e. The highest BCUT2D eigenvalue weighted by Gasteiger charge is 2.08. The number of hydrogen-bond acceptors (Lipinski definition) is 5. The minimum absolute atomic E-state index is 0.123. The molecule has 0 heterocycles. The van der Waals surface area contributed by atoms with Crippen molar-refractivity contribution in [3.63, 3.8) is 0 Å².